The van der Waals surface area contributed by atoms with Crippen molar-refractivity contribution in [3.05, 3.63) is 112 Å². The van der Waals surface area contributed by atoms with Crippen molar-refractivity contribution in [1.82, 2.24) is 9.55 Å². The summed E-state index contributed by atoms with van der Waals surface area (Å²) in [6, 6.07) is 17.1. The first-order valence-electron chi connectivity index (χ1n) is 10.1. The zero-order valence-corrected chi connectivity index (χ0v) is 17.1. The Bertz CT molecular complexity index is 1470. The molecular formula is C25H17FN4O3. The number of halogens is 1. The summed E-state index contributed by atoms with van der Waals surface area (Å²) < 4.78 is 14.5. The van der Waals surface area contributed by atoms with Crippen LogP contribution in [0.15, 0.2) is 83.9 Å². The van der Waals surface area contributed by atoms with Gasteiger partial charge in [-0.25, -0.2) is 4.39 Å². The van der Waals surface area contributed by atoms with E-state index in [2.05, 4.69) is 15.6 Å². The average molecular weight is 440 g/mol. The highest BCUT2D eigenvalue weighted by Gasteiger charge is 2.25. The number of aromatic amines is 1. The minimum Gasteiger partial charge on any atom is -0.362 e. The van der Waals surface area contributed by atoms with Crippen LogP contribution in [0.1, 0.15) is 21.6 Å². The third-order valence-electron chi connectivity index (χ3n) is 5.28. The fourth-order valence-corrected chi connectivity index (χ4v) is 3.67. The SMILES string of the molecule is O=C1Nc2ccc(NC(=O)c3cccn(-c4ccc(F)cc4)c3=O)cc2C1=Cc1ccc[nH]1. The molecule has 2 aromatic carbocycles. The van der Waals surface area contributed by atoms with Gasteiger partial charge in [0.2, 0.25) is 0 Å². The van der Waals surface area contributed by atoms with Gasteiger partial charge in [-0.15, -0.1) is 0 Å². The fraction of sp³-hybridized carbons (Fsp3) is 0. The number of nitrogens with zero attached hydrogens (tertiary/aromatic N) is 1. The van der Waals surface area contributed by atoms with Gasteiger partial charge in [0.25, 0.3) is 17.4 Å². The molecule has 162 valence electrons. The van der Waals surface area contributed by atoms with Crippen LogP contribution in [-0.4, -0.2) is 21.4 Å². The molecule has 0 bridgehead atoms. The molecular weight excluding hydrogens is 423 g/mol. The van der Waals surface area contributed by atoms with E-state index in [1.807, 2.05) is 12.1 Å². The summed E-state index contributed by atoms with van der Waals surface area (Å²) in [4.78, 5) is 41.2. The number of benzene rings is 2. The average Bonchev–Trinajstić information content (AvgIpc) is 3.43. The third-order valence-corrected chi connectivity index (χ3v) is 5.28. The summed E-state index contributed by atoms with van der Waals surface area (Å²) >= 11 is 0. The summed E-state index contributed by atoms with van der Waals surface area (Å²) in [5.74, 6) is -1.26. The molecule has 0 aliphatic carbocycles. The van der Waals surface area contributed by atoms with Gasteiger partial charge in [0, 0.05) is 40.7 Å². The van der Waals surface area contributed by atoms with E-state index in [4.69, 9.17) is 0 Å². The van der Waals surface area contributed by atoms with E-state index in [1.165, 1.54) is 41.1 Å². The van der Waals surface area contributed by atoms with E-state index < -0.39 is 17.3 Å². The van der Waals surface area contributed by atoms with Crippen LogP contribution in [0.4, 0.5) is 15.8 Å². The van der Waals surface area contributed by atoms with E-state index >= 15 is 0 Å². The van der Waals surface area contributed by atoms with Gasteiger partial charge in [0.1, 0.15) is 11.4 Å². The second-order valence-corrected chi connectivity index (χ2v) is 7.43. The van der Waals surface area contributed by atoms with Crippen LogP contribution >= 0.6 is 0 Å². The molecule has 2 amide bonds. The summed E-state index contributed by atoms with van der Waals surface area (Å²) in [6.07, 6.45) is 5.00. The molecule has 0 saturated carbocycles. The van der Waals surface area contributed by atoms with Crippen molar-refractivity contribution in [1.29, 1.82) is 0 Å². The fourth-order valence-electron chi connectivity index (χ4n) is 3.67. The molecule has 0 fully saturated rings. The number of carbonyl (C=O) groups is 2. The Hall–Kier alpha value is -4.72. The van der Waals surface area contributed by atoms with Crippen LogP contribution < -0.4 is 16.2 Å². The lowest BCUT2D eigenvalue weighted by Gasteiger charge is -2.10. The monoisotopic (exact) mass is 440 g/mol. The number of fused-ring (bicyclic) bond motifs is 1. The quantitative estimate of drug-likeness (QED) is 0.418. The van der Waals surface area contributed by atoms with E-state index in [0.29, 0.717) is 28.2 Å². The molecule has 0 saturated heterocycles. The van der Waals surface area contributed by atoms with Crippen LogP contribution in [-0.2, 0) is 4.79 Å². The van der Waals surface area contributed by atoms with Crippen LogP contribution in [0.5, 0.6) is 0 Å². The molecule has 8 heteroatoms. The number of amides is 2. The highest BCUT2D eigenvalue weighted by Crippen LogP contribution is 2.35. The van der Waals surface area contributed by atoms with Crippen molar-refractivity contribution in [3.63, 3.8) is 0 Å². The summed E-state index contributed by atoms with van der Waals surface area (Å²) in [5, 5.41) is 5.52. The minimum absolute atomic E-state index is 0.0707. The summed E-state index contributed by atoms with van der Waals surface area (Å²) in [6.45, 7) is 0. The number of aromatic nitrogens is 2. The molecule has 4 aromatic rings. The van der Waals surface area contributed by atoms with Gasteiger partial charge in [-0.05, 0) is 72.8 Å². The van der Waals surface area contributed by atoms with Gasteiger partial charge in [-0.2, -0.15) is 0 Å². The lowest BCUT2D eigenvalue weighted by molar-refractivity contribution is -0.110. The zero-order chi connectivity index (χ0) is 22.9. The van der Waals surface area contributed by atoms with Crippen molar-refractivity contribution >= 4 is 34.8 Å². The largest absolute Gasteiger partial charge is 0.362 e. The number of pyridine rings is 1. The first-order valence-corrected chi connectivity index (χ1v) is 10.1. The highest BCUT2D eigenvalue weighted by molar-refractivity contribution is 6.35. The number of rotatable bonds is 4. The molecule has 1 aliphatic heterocycles. The van der Waals surface area contributed by atoms with Crippen LogP contribution in [0.2, 0.25) is 0 Å². The van der Waals surface area contributed by atoms with E-state index in [1.54, 1.807) is 36.5 Å². The third kappa shape index (κ3) is 3.85. The Kier molecular flexibility index (Phi) is 4.95. The van der Waals surface area contributed by atoms with Crippen molar-refractivity contribution in [2.75, 3.05) is 10.6 Å². The molecule has 0 atom stereocenters. The number of hydrogen-bond acceptors (Lipinski definition) is 3. The first kappa shape index (κ1) is 20.2. The number of nitrogens with one attached hydrogen (secondary N) is 3. The van der Waals surface area contributed by atoms with Crippen molar-refractivity contribution in [2.45, 2.75) is 0 Å². The van der Waals surface area contributed by atoms with Crippen LogP contribution in [0.25, 0.3) is 17.3 Å². The standard InChI is InChI=1S/C25H17FN4O3/c26-15-5-8-18(9-6-15)30-12-2-4-19(25(30)33)23(31)28-17-7-10-22-20(14-17)21(24(32)29-22)13-16-3-1-11-27-16/h1-14,27H,(H,28,31)(H,29,32). The number of anilines is 2. The smallest absolute Gasteiger partial charge is 0.267 e. The Morgan fingerprint density at radius 1 is 1.00 bits per heavy atom. The predicted octanol–water partition coefficient (Wildman–Crippen LogP) is 4.05. The lowest BCUT2D eigenvalue weighted by Crippen LogP contribution is -2.27. The highest BCUT2D eigenvalue weighted by atomic mass is 19.1. The van der Waals surface area contributed by atoms with Gasteiger partial charge >= 0.3 is 0 Å². The molecule has 2 aromatic heterocycles. The Morgan fingerprint density at radius 3 is 2.58 bits per heavy atom. The lowest BCUT2D eigenvalue weighted by atomic mass is 10.0. The maximum Gasteiger partial charge on any atom is 0.267 e. The van der Waals surface area contributed by atoms with Crippen molar-refractivity contribution in [2.24, 2.45) is 0 Å². The Labute approximate surface area is 187 Å². The Balaban J connectivity index is 1.44. The van der Waals surface area contributed by atoms with Gasteiger partial charge in [-0.1, -0.05) is 0 Å². The molecule has 5 rings (SSSR count). The summed E-state index contributed by atoms with van der Waals surface area (Å²) in [5.41, 5.74) is 2.78. The van der Waals surface area contributed by atoms with Gasteiger partial charge < -0.3 is 15.6 Å². The number of H-pyrrole nitrogens is 1. The zero-order valence-electron chi connectivity index (χ0n) is 17.1. The second kappa shape index (κ2) is 8.08. The van der Waals surface area contributed by atoms with Crippen molar-refractivity contribution in [3.8, 4) is 5.69 Å². The maximum atomic E-state index is 13.2. The van der Waals surface area contributed by atoms with Crippen molar-refractivity contribution < 1.29 is 14.0 Å². The van der Waals surface area contributed by atoms with E-state index in [0.717, 1.165) is 5.69 Å². The summed E-state index contributed by atoms with van der Waals surface area (Å²) in [7, 11) is 0. The van der Waals surface area contributed by atoms with Gasteiger partial charge in [0.05, 0.1) is 5.57 Å². The Morgan fingerprint density at radius 2 is 1.82 bits per heavy atom. The predicted molar refractivity (Wildman–Crippen MR) is 124 cm³/mol. The molecule has 3 N–H and O–H groups in total. The normalized spacial score (nSPS) is 13.6. The minimum atomic E-state index is -0.594. The molecule has 3 heterocycles. The molecule has 33 heavy (non-hydrogen) atoms. The van der Waals surface area contributed by atoms with Crippen LogP contribution in [0, 0.1) is 5.82 Å². The van der Waals surface area contributed by atoms with E-state index in [-0.39, 0.29) is 11.5 Å². The molecule has 0 unspecified atom stereocenters. The topological polar surface area (TPSA) is 96.0 Å². The first-order chi connectivity index (χ1) is 16.0. The second-order valence-electron chi connectivity index (χ2n) is 7.43. The number of hydrogen-bond donors (Lipinski definition) is 3. The molecule has 1 aliphatic rings. The van der Waals surface area contributed by atoms with Gasteiger partial charge in [0.15, 0.2) is 0 Å². The maximum absolute atomic E-state index is 13.2. The van der Waals surface area contributed by atoms with E-state index in [9.17, 15) is 18.8 Å². The molecule has 7 nitrogen and oxygen atoms in total. The molecule has 0 spiro atoms. The van der Waals surface area contributed by atoms with Crippen LogP contribution in [0.3, 0.4) is 0 Å². The molecule has 0 radical (unpaired) electrons. The van der Waals surface area contributed by atoms with Gasteiger partial charge in [-0.3, -0.25) is 19.0 Å². The number of carbonyl (C=O) groups excluding carboxylic acids is 2.